The molecule has 1 aliphatic carbocycles. The van der Waals surface area contributed by atoms with E-state index in [4.69, 9.17) is 4.74 Å². The molecule has 1 saturated carbocycles. The number of halogens is 1. The molecule has 2 unspecified atom stereocenters. The first kappa shape index (κ1) is 21.8. The van der Waals surface area contributed by atoms with E-state index in [2.05, 4.69) is 10.2 Å². The Morgan fingerprint density at radius 2 is 1.88 bits per heavy atom. The molecule has 1 spiro atoms. The number of likely N-dealkylation sites (tertiary alicyclic amines) is 1. The average Bonchev–Trinajstić information content (AvgIpc) is 3.01. The first-order valence-electron chi connectivity index (χ1n) is 11.8. The van der Waals surface area contributed by atoms with Crippen molar-refractivity contribution in [2.75, 3.05) is 19.6 Å². The van der Waals surface area contributed by atoms with Gasteiger partial charge in [0.25, 0.3) is 5.91 Å². The number of nitrogens with zero attached hydrogens (tertiary/aromatic N) is 4. The summed E-state index contributed by atoms with van der Waals surface area (Å²) >= 11 is 0. The summed E-state index contributed by atoms with van der Waals surface area (Å²) in [5.74, 6) is 0.397. The molecule has 2 aliphatic heterocycles. The molecule has 1 saturated heterocycles. The van der Waals surface area contributed by atoms with Crippen LogP contribution in [0.2, 0.25) is 0 Å². The van der Waals surface area contributed by atoms with E-state index in [1.54, 1.807) is 23.2 Å². The van der Waals surface area contributed by atoms with E-state index in [9.17, 15) is 14.0 Å². The summed E-state index contributed by atoms with van der Waals surface area (Å²) in [5.41, 5.74) is 0.717. The number of alkyl halides is 1. The molecule has 1 aromatic heterocycles. The van der Waals surface area contributed by atoms with E-state index in [0.717, 1.165) is 24.2 Å². The van der Waals surface area contributed by atoms with E-state index in [0.29, 0.717) is 57.6 Å². The zero-order valence-corrected chi connectivity index (χ0v) is 18.7. The minimum absolute atomic E-state index is 0.0232. The molecule has 7 nitrogen and oxygen atoms in total. The van der Waals surface area contributed by atoms with Gasteiger partial charge in [0.05, 0.1) is 6.54 Å². The van der Waals surface area contributed by atoms with Crippen LogP contribution in [0.25, 0.3) is 0 Å². The highest BCUT2D eigenvalue weighted by Gasteiger charge is 2.44. The van der Waals surface area contributed by atoms with Crippen LogP contribution in [-0.4, -0.2) is 63.2 Å². The van der Waals surface area contributed by atoms with Gasteiger partial charge in [-0.2, -0.15) is 5.10 Å². The third-order valence-corrected chi connectivity index (χ3v) is 7.16. The molecular formula is C25H29FN4O3. The Bertz CT molecular complexity index is 1010. The van der Waals surface area contributed by atoms with E-state index in [1.807, 2.05) is 29.2 Å². The third kappa shape index (κ3) is 4.56. The number of hydrogen-bond acceptors (Lipinski definition) is 5. The zero-order chi connectivity index (χ0) is 22.8. The molecule has 1 aromatic carbocycles. The second kappa shape index (κ2) is 9.08. The van der Waals surface area contributed by atoms with E-state index >= 15 is 0 Å². The van der Waals surface area contributed by atoms with Crippen molar-refractivity contribution < 1.29 is 18.7 Å². The number of benzene rings is 1. The van der Waals surface area contributed by atoms with Crippen molar-refractivity contribution in [3.63, 3.8) is 0 Å². The minimum Gasteiger partial charge on any atom is -0.485 e. The van der Waals surface area contributed by atoms with Gasteiger partial charge in [0.1, 0.15) is 17.5 Å². The summed E-state index contributed by atoms with van der Waals surface area (Å²) in [6.45, 7) is 1.93. The summed E-state index contributed by atoms with van der Waals surface area (Å²) in [6, 6.07) is 11.2. The van der Waals surface area contributed by atoms with Crippen molar-refractivity contribution in [2.45, 2.75) is 56.8 Å². The predicted molar refractivity (Wildman–Crippen MR) is 119 cm³/mol. The number of amides is 2. The lowest BCUT2D eigenvalue weighted by molar-refractivity contribution is -0.141. The molecule has 0 radical (unpaired) electrons. The molecule has 33 heavy (non-hydrogen) atoms. The van der Waals surface area contributed by atoms with Crippen molar-refractivity contribution in [2.24, 2.45) is 5.92 Å². The molecule has 5 rings (SSSR count). The van der Waals surface area contributed by atoms with Gasteiger partial charge in [-0.1, -0.05) is 18.2 Å². The molecule has 2 aromatic rings. The molecule has 2 amide bonds. The molecule has 2 fully saturated rings. The lowest BCUT2D eigenvalue weighted by Crippen LogP contribution is -2.55. The largest absolute Gasteiger partial charge is 0.485 e. The Morgan fingerprint density at radius 1 is 1.06 bits per heavy atom. The molecule has 2 atom stereocenters. The Labute approximate surface area is 192 Å². The van der Waals surface area contributed by atoms with Gasteiger partial charge in [-0.25, -0.2) is 4.39 Å². The maximum absolute atomic E-state index is 14.0. The minimum atomic E-state index is -0.896. The van der Waals surface area contributed by atoms with Gasteiger partial charge < -0.3 is 14.5 Å². The number of aromatic nitrogens is 2. The fourth-order valence-corrected chi connectivity index (χ4v) is 5.33. The van der Waals surface area contributed by atoms with Gasteiger partial charge in [-0.3, -0.25) is 9.59 Å². The van der Waals surface area contributed by atoms with Gasteiger partial charge >= 0.3 is 0 Å². The van der Waals surface area contributed by atoms with Crippen LogP contribution in [0, 0.1) is 5.92 Å². The first-order valence-corrected chi connectivity index (χ1v) is 11.8. The lowest BCUT2D eigenvalue weighted by Gasteiger charge is -2.43. The van der Waals surface area contributed by atoms with Gasteiger partial charge in [0.2, 0.25) is 5.91 Å². The standard InChI is InChI=1S/C25H29FN4O3/c26-20-7-3-6-18(15-20)23(31)30-16-19-5-1-2-9-22(19)33-25(17-30)10-13-29(14-11-25)24(32)21-8-4-12-27-28-21/h1-2,4-5,8-9,12,18,20H,3,6-7,10-11,13-17H2. The predicted octanol–water partition coefficient (Wildman–Crippen LogP) is 3.40. The normalized spacial score (nSPS) is 24.5. The smallest absolute Gasteiger partial charge is 0.274 e. The van der Waals surface area contributed by atoms with E-state index < -0.39 is 11.8 Å². The van der Waals surface area contributed by atoms with Crippen molar-refractivity contribution in [3.8, 4) is 5.75 Å². The van der Waals surface area contributed by atoms with Crippen molar-refractivity contribution in [1.29, 1.82) is 0 Å². The molecule has 0 N–H and O–H groups in total. The van der Waals surface area contributed by atoms with Crippen molar-refractivity contribution in [1.82, 2.24) is 20.0 Å². The SMILES string of the molecule is O=C(c1cccnn1)N1CCC2(CC1)CN(C(=O)C1CCCC(F)C1)Cc1ccccc1O2. The summed E-state index contributed by atoms with van der Waals surface area (Å²) in [5, 5.41) is 7.75. The summed E-state index contributed by atoms with van der Waals surface area (Å²) in [4.78, 5) is 29.9. The van der Waals surface area contributed by atoms with E-state index in [1.165, 1.54) is 0 Å². The number of ether oxygens (including phenoxy) is 1. The quantitative estimate of drug-likeness (QED) is 0.698. The first-order chi connectivity index (χ1) is 16.0. The van der Waals surface area contributed by atoms with Crippen LogP contribution in [0.15, 0.2) is 42.6 Å². The number of hydrogen-bond donors (Lipinski definition) is 0. The molecule has 174 valence electrons. The number of carbonyl (C=O) groups excluding carboxylic acids is 2. The monoisotopic (exact) mass is 452 g/mol. The summed E-state index contributed by atoms with van der Waals surface area (Å²) in [6.07, 6.45) is 4.21. The van der Waals surface area contributed by atoms with Crippen molar-refractivity contribution >= 4 is 11.8 Å². The molecule has 0 bridgehead atoms. The van der Waals surface area contributed by atoms with Gasteiger partial charge in [-0.15, -0.1) is 5.10 Å². The highest BCUT2D eigenvalue weighted by atomic mass is 19.1. The highest BCUT2D eigenvalue weighted by molar-refractivity contribution is 5.92. The summed E-state index contributed by atoms with van der Waals surface area (Å²) < 4.78 is 20.6. The molecule has 8 heteroatoms. The number of piperidine rings is 1. The van der Waals surface area contributed by atoms with Crippen LogP contribution in [0.4, 0.5) is 4.39 Å². The van der Waals surface area contributed by atoms with Crippen molar-refractivity contribution in [3.05, 3.63) is 53.9 Å². The van der Waals surface area contributed by atoms with Crippen LogP contribution in [0.5, 0.6) is 5.75 Å². The van der Waals surface area contributed by atoms with Crippen LogP contribution in [-0.2, 0) is 11.3 Å². The Kier molecular flexibility index (Phi) is 6.00. The Balaban J connectivity index is 1.36. The molecular weight excluding hydrogens is 423 g/mol. The van der Waals surface area contributed by atoms with Gasteiger partial charge in [0.15, 0.2) is 5.69 Å². The van der Waals surface area contributed by atoms with Crippen LogP contribution >= 0.6 is 0 Å². The van der Waals surface area contributed by atoms with Gasteiger partial charge in [-0.05, 0) is 43.9 Å². The van der Waals surface area contributed by atoms with Crippen LogP contribution in [0.1, 0.15) is 54.6 Å². The molecule has 3 heterocycles. The fourth-order valence-electron chi connectivity index (χ4n) is 5.33. The Morgan fingerprint density at radius 3 is 2.64 bits per heavy atom. The topological polar surface area (TPSA) is 75.6 Å². The average molecular weight is 453 g/mol. The summed E-state index contributed by atoms with van der Waals surface area (Å²) in [7, 11) is 0. The second-order valence-corrected chi connectivity index (χ2v) is 9.45. The van der Waals surface area contributed by atoms with Gasteiger partial charge in [0, 0.05) is 50.2 Å². The lowest BCUT2D eigenvalue weighted by atomic mass is 9.85. The maximum Gasteiger partial charge on any atom is 0.274 e. The molecule has 3 aliphatic rings. The van der Waals surface area contributed by atoms with Crippen LogP contribution in [0.3, 0.4) is 0 Å². The zero-order valence-electron chi connectivity index (χ0n) is 18.7. The Hall–Kier alpha value is -3.03. The van der Waals surface area contributed by atoms with E-state index in [-0.39, 0.29) is 17.7 Å². The third-order valence-electron chi connectivity index (χ3n) is 7.16. The fraction of sp³-hybridized carbons (Fsp3) is 0.520. The second-order valence-electron chi connectivity index (χ2n) is 9.45. The maximum atomic E-state index is 14.0. The number of carbonyl (C=O) groups is 2. The number of rotatable bonds is 2. The number of fused-ring (bicyclic) bond motifs is 1. The number of para-hydroxylation sites is 1. The highest BCUT2D eigenvalue weighted by Crippen LogP contribution is 2.37. The van der Waals surface area contributed by atoms with Crippen LogP contribution < -0.4 is 4.74 Å².